The number of ether oxygens (including phenoxy) is 1. The SMILES string of the molecule is COc1ccccc1C(=O)N(Cc1ccc(Cl)cc1)[C@H]1CCS(=O)(=O)C1. The summed E-state index contributed by atoms with van der Waals surface area (Å²) >= 11 is 5.93. The van der Waals surface area contributed by atoms with Gasteiger partial charge in [0.25, 0.3) is 5.91 Å². The van der Waals surface area contributed by atoms with Crippen LogP contribution in [0.1, 0.15) is 22.3 Å². The van der Waals surface area contributed by atoms with Crippen molar-refractivity contribution in [3.8, 4) is 5.75 Å². The van der Waals surface area contributed by atoms with Crippen LogP contribution in [0.4, 0.5) is 0 Å². The van der Waals surface area contributed by atoms with Crippen LogP contribution in [0.25, 0.3) is 0 Å². The number of methoxy groups -OCH3 is 1. The molecule has 26 heavy (non-hydrogen) atoms. The second-order valence-electron chi connectivity index (χ2n) is 6.32. The van der Waals surface area contributed by atoms with E-state index in [0.717, 1.165) is 5.56 Å². The van der Waals surface area contributed by atoms with E-state index in [2.05, 4.69) is 0 Å². The maximum atomic E-state index is 13.2. The summed E-state index contributed by atoms with van der Waals surface area (Å²) in [7, 11) is -1.61. The van der Waals surface area contributed by atoms with Crippen LogP contribution in [-0.4, -0.2) is 43.9 Å². The van der Waals surface area contributed by atoms with Crippen LogP contribution in [0.3, 0.4) is 0 Å². The molecule has 1 fully saturated rings. The number of carbonyl (C=O) groups excluding carboxylic acids is 1. The lowest BCUT2D eigenvalue weighted by Crippen LogP contribution is -2.40. The molecule has 1 heterocycles. The van der Waals surface area contributed by atoms with Crippen molar-refractivity contribution in [2.75, 3.05) is 18.6 Å². The average Bonchev–Trinajstić information content (AvgIpc) is 3.00. The van der Waals surface area contributed by atoms with E-state index in [1.165, 1.54) is 7.11 Å². The largest absolute Gasteiger partial charge is 0.496 e. The van der Waals surface area contributed by atoms with E-state index in [4.69, 9.17) is 16.3 Å². The summed E-state index contributed by atoms with van der Waals surface area (Å²) in [5.41, 5.74) is 1.32. The normalized spacial score (nSPS) is 18.5. The van der Waals surface area contributed by atoms with E-state index < -0.39 is 9.84 Å². The molecule has 1 aliphatic rings. The highest BCUT2D eigenvalue weighted by molar-refractivity contribution is 7.91. The maximum absolute atomic E-state index is 13.2. The Labute approximate surface area is 158 Å². The molecule has 1 amide bonds. The number of halogens is 1. The lowest BCUT2D eigenvalue weighted by Gasteiger charge is -2.29. The molecule has 1 saturated heterocycles. The molecule has 2 aromatic carbocycles. The van der Waals surface area contributed by atoms with Crippen LogP contribution in [0, 0.1) is 0 Å². The van der Waals surface area contributed by atoms with Gasteiger partial charge in [0.2, 0.25) is 0 Å². The molecule has 3 rings (SSSR count). The third-order valence-electron chi connectivity index (χ3n) is 4.51. The Bertz CT molecular complexity index is 896. The Morgan fingerprint density at radius 2 is 1.88 bits per heavy atom. The van der Waals surface area contributed by atoms with Gasteiger partial charge in [-0.2, -0.15) is 0 Å². The number of para-hydroxylation sites is 1. The zero-order valence-electron chi connectivity index (χ0n) is 14.4. The number of sulfone groups is 1. The standard InChI is InChI=1S/C19H20ClNO4S/c1-25-18-5-3-2-4-17(18)19(22)21(16-10-11-26(23,24)13-16)12-14-6-8-15(20)9-7-14/h2-9,16H,10-13H2,1H3/t16-/m0/s1. The van der Waals surface area contributed by atoms with E-state index in [1.807, 2.05) is 12.1 Å². The highest BCUT2D eigenvalue weighted by Crippen LogP contribution is 2.26. The summed E-state index contributed by atoms with van der Waals surface area (Å²) in [6.45, 7) is 0.314. The summed E-state index contributed by atoms with van der Waals surface area (Å²) in [5, 5.41) is 0.611. The first-order chi connectivity index (χ1) is 12.4. The van der Waals surface area contributed by atoms with Crippen LogP contribution in [0.15, 0.2) is 48.5 Å². The van der Waals surface area contributed by atoms with Gasteiger partial charge in [0.05, 0.1) is 24.2 Å². The van der Waals surface area contributed by atoms with Crippen molar-refractivity contribution in [2.24, 2.45) is 0 Å². The Morgan fingerprint density at radius 3 is 2.50 bits per heavy atom. The fourth-order valence-electron chi connectivity index (χ4n) is 3.15. The first-order valence-corrected chi connectivity index (χ1v) is 10.5. The molecule has 2 aromatic rings. The summed E-state index contributed by atoms with van der Waals surface area (Å²) in [6.07, 6.45) is 0.441. The number of rotatable bonds is 5. The molecule has 1 atom stereocenters. The van der Waals surface area contributed by atoms with Crippen molar-refractivity contribution >= 4 is 27.3 Å². The second-order valence-corrected chi connectivity index (χ2v) is 8.98. The number of hydrogen-bond donors (Lipinski definition) is 0. The van der Waals surface area contributed by atoms with Crippen LogP contribution in [-0.2, 0) is 16.4 Å². The maximum Gasteiger partial charge on any atom is 0.258 e. The van der Waals surface area contributed by atoms with Crippen molar-refractivity contribution in [1.82, 2.24) is 4.90 Å². The second kappa shape index (κ2) is 7.68. The number of amides is 1. The van der Waals surface area contributed by atoms with E-state index in [0.29, 0.717) is 29.3 Å². The third kappa shape index (κ3) is 4.19. The zero-order chi connectivity index (χ0) is 18.7. The molecule has 0 aliphatic carbocycles. The van der Waals surface area contributed by atoms with Crippen molar-refractivity contribution in [1.29, 1.82) is 0 Å². The van der Waals surface area contributed by atoms with Gasteiger partial charge in [0.1, 0.15) is 5.75 Å². The smallest absolute Gasteiger partial charge is 0.258 e. The first-order valence-electron chi connectivity index (χ1n) is 8.28. The quantitative estimate of drug-likeness (QED) is 0.782. The minimum absolute atomic E-state index is 0.0124. The van der Waals surface area contributed by atoms with Crippen LogP contribution >= 0.6 is 11.6 Å². The van der Waals surface area contributed by atoms with Crippen LogP contribution in [0.5, 0.6) is 5.75 Å². The van der Waals surface area contributed by atoms with E-state index >= 15 is 0 Å². The van der Waals surface area contributed by atoms with E-state index in [9.17, 15) is 13.2 Å². The summed E-state index contributed by atoms with van der Waals surface area (Å²) < 4.78 is 29.2. The lowest BCUT2D eigenvalue weighted by molar-refractivity contribution is 0.0677. The molecule has 0 spiro atoms. The van der Waals surface area contributed by atoms with Gasteiger partial charge in [-0.05, 0) is 36.2 Å². The van der Waals surface area contributed by atoms with Crippen molar-refractivity contribution in [3.63, 3.8) is 0 Å². The lowest BCUT2D eigenvalue weighted by atomic mass is 10.1. The molecule has 0 unspecified atom stereocenters. The third-order valence-corrected chi connectivity index (χ3v) is 6.52. The molecule has 0 bridgehead atoms. The monoisotopic (exact) mass is 393 g/mol. The number of hydrogen-bond acceptors (Lipinski definition) is 4. The van der Waals surface area contributed by atoms with Gasteiger partial charge in [-0.3, -0.25) is 4.79 Å². The molecule has 1 aliphatic heterocycles. The predicted octanol–water partition coefficient (Wildman–Crippen LogP) is 3.18. The molecule has 0 N–H and O–H groups in total. The van der Waals surface area contributed by atoms with Gasteiger partial charge in [-0.1, -0.05) is 35.9 Å². The average molecular weight is 394 g/mol. The highest BCUT2D eigenvalue weighted by atomic mass is 35.5. The predicted molar refractivity (Wildman–Crippen MR) is 101 cm³/mol. The fourth-order valence-corrected chi connectivity index (χ4v) is 5.01. The Kier molecular flexibility index (Phi) is 5.53. The van der Waals surface area contributed by atoms with Gasteiger partial charge in [-0.15, -0.1) is 0 Å². The molecular weight excluding hydrogens is 374 g/mol. The summed E-state index contributed by atoms with van der Waals surface area (Å²) in [5.74, 6) is 0.328. The van der Waals surface area contributed by atoms with Crippen LogP contribution in [0.2, 0.25) is 5.02 Å². The Morgan fingerprint density at radius 1 is 1.19 bits per heavy atom. The Balaban J connectivity index is 1.94. The van der Waals surface area contributed by atoms with Gasteiger partial charge in [0, 0.05) is 17.6 Å². The minimum atomic E-state index is -3.12. The molecule has 138 valence electrons. The molecule has 0 aromatic heterocycles. The van der Waals surface area contributed by atoms with Crippen LogP contribution < -0.4 is 4.74 Å². The zero-order valence-corrected chi connectivity index (χ0v) is 16.0. The number of carbonyl (C=O) groups is 1. The molecular formula is C19H20ClNO4S. The fraction of sp³-hybridized carbons (Fsp3) is 0.316. The molecule has 7 heteroatoms. The number of nitrogens with zero attached hydrogens (tertiary/aromatic N) is 1. The minimum Gasteiger partial charge on any atom is -0.496 e. The van der Waals surface area contributed by atoms with Gasteiger partial charge >= 0.3 is 0 Å². The van der Waals surface area contributed by atoms with Crippen molar-refractivity contribution < 1.29 is 17.9 Å². The van der Waals surface area contributed by atoms with Gasteiger partial charge in [-0.25, -0.2) is 8.42 Å². The van der Waals surface area contributed by atoms with E-state index in [-0.39, 0.29) is 23.5 Å². The molecule has 5 nitrogen and oxygen atoms in total. The van der Waals surface area contributed by atoms with E-state index in [1.54, 1.807) is 41.3 Å². The van der Waals surface area contributed by atoms with Crippen molar-refractivity contribution in [3.05, 3.63) is 64.7 Å². The van der Waals surface area contributed by atoms with Crippen molar-refractivity contribution in [2.45, 2.75) is 19.0 Å². The van der Waals surface area contributed by atoms with Gasteiger partial charge in [0.15, 0.2) is 9.84 Å². The Hall–Kier alpha value is -2.05. The highest BCUT2D eigenvalue weighted by Gasteiger charge is 2.35. The topological polar surface area (TPSA) is 63.7 Å². The number of benzene rings is 2. The summed E-state index contributed by atoms with van der Waals surface area (Å²) in [4.78, 5) is 14.8. The molecule has 0 radical (unpaired) electrons. The first kappa shape index (κ1) is 18.7. The molecule has 0 saturated carbocycles. The van der Waals surface area contributed by atoms with Gasteiger partial charge < -0.3 is 9.64 Å². The summed E-state index contributed by atoms with van der Waals surface area (Å²) in [6, 6.07) is 13.8.